The van der Waals surface area contributed by atoms with Crippen LogP contribution in [0, 0.1) is 6.92 Å². The van der Waals surface area contributed by atoms with Crippen molar-refractivity contribution in [1.29, 1.82) is 0 Å². The van der Waals surface area contributed by atoms with Crippen LogP contribution in [-0.4, -0.2) is 53.3 Å². The van der Waals surface area contributed by atoms with E-state index in [-0.39, 0.29) is 22.9 Å². The number of aromatic nitrogens is 3. The first-order valence-electron chi connectivity index (χ1n) is 9.88. The van der Waals surface area contributed by atoms with Crippen molar-refractivity contribution in [3.05, 3.63) is 65.7 Å². The lowest BCUT2D eigenvalue weighted by atomic mass is 10.2. The maximum absolute atomic E-state index is 13.5. The second-order valence-electron chi connectivity index (χ2n) is 7.13. The quantitative estimate of drug-likeness (QED) is 0.466. The largest absolute Gasteiger partial charge is 0.419 e. The van der Waals surface area contributed by atoms with E-state index in [0.717, 1.165) is 18.2 Å². The molecule has 0 fully saturated rings. The summed E-state index contributed by atoms with van der Waals surface area (Å²) >= 11 is 0. The van der Waals surface area contributed by atoms with E-state index in [9.17, 15) is 22.8 Å². The summed E-state index contributed by atoms with van der Waals surface area (Å²) in [7, 11) is 4.78. The highest BCUT2D eigenvalue weighted by molar-refractivity contribution is 5.98. The van der Waals surface area contributed by atoms with Crippen molar-refractivity contribution < 1.29 is 22.8 Å². The van der Waals surface area contributed by atoms with Gasteiger partial charge >= 0.3 is 6.18 Å². The Bertz CT molecular complexity index is 1120. The Morgan fingerprint density at radius 3 is 2.24 bits per heavy atom. The van der Waals surface area contributed by atoms with Crippen molar-refractivity contribution in [2.75, 3.05) is 31.8 Å². The molecule has 0 bridgehead atoms. The fraction of sp³-hybridized carbons (Fsp3) is 0.227. The van der Waals surface area contributed by atoms with Gasteiger partial charge in [0, 0.05) is 45.8 Å². The number of rotatable bonds is 6. The molecule has 12 heteroatoms. The van der Waals surface area contributed by atoms with E-state index < -0.39 is 17.6 Å². The molecule has 3 aromatic rings. The van der Waals surface area contributed by atoms with E-state index in [1.54, 1.807) is 26.4 Å². The number of nitrogens with one attached hydrogen (secondary N) is 3. The number of anilines is 4. The zero-order valence-electron chi connectivity index (χ0n) is 18.9. The highest BCUT2D eigenvalue weighted by Crippen LogP contribution is 2.37. The highest BCUT2D eigenvalue weighted by atomic mass is 19.4. The molecule has 3 N–H and O–H groups in total. The number of alkyl halides is 3. The number of carbonyl (C=O) groups excluding carboxylic acids is 2. The van der Waals surface area contributed by atoms with Gasteiger partial charge in [0.25, 0.3) is 5.91 Å². The summed E-state index contributed by atoms with van der Waals surface area (Å²) in [6, 6.07) is 7.67. The first-order chi connectivity index (χ1) is 16.0. The van der Waals surface area contributed by atoms with Crippen LogP contribution in [0.25, 0.3) is 0 Å². The van der Waals surface area contributed by atoms with E-state index >= 15 is 0 Å². The number of hydrogen-bond donors (Lipinski definition) is 3. The molecular weight excluding hydrogens is 451 g/mol. The predicted molar refractivity (Wildman–Crippen MR) is 122 cm³/mol. The van der Waals surface area contributed by atoms with E-state index in [1.165, 1.54) is 36.3 Å². The lowest BCUT2D eigenvalue weighted by Gasteiger charge is -2.17. The number of amides is 2. The molecule has 180 valence electrons. The molecule has 0 unspecified atom stereocenters. The van der Waals surface area contributed by atoms with Gasteiger partial charge in [-0.2, -0.15) is 13.2 Å². The molecule has 3 aromatic heterocycles. The summed E-state index contributed by atoms with van der Waals surface area (Å²) in [6.45, 7) is 1.87. The number of carbonyl (C=O) groups is 2. The SMILES string of the molecule is CN(C)C=O.CNC(=O)c1ncccc1Nc1cc(Nc2ccc(C)cn2)ncc1C(F)(F)F. The van der Waals surface area contributed by atoms with Crippen LogP contribution in [0.1, 0.15) is 21.6 Å². The van der Waals surface area contributed by atoms with Crippen molar-refractivity contribution in [1.82, 2.24) is 25.2 Å². The van der Waals surface area contributed by atoms with Crippen LogP contribution in [0.5, 0.6) is 0 Å². The highest BCUT2D eigenvalue weighted by Gasteiger charge is 2.34. The van der Waals surface area contributed by atoms with Crippen molar-refractivity contribution in [3.8, 4) is 0 Å². The maximum atomic E-state index is 13.5. The molecule has 3 rings (SSSR count). The van der Waals surface area contributed by atoms with Gasteiger partial charge in [0.15, 0.2) is 5.69 Å². The first-order valence-corrected chi connectivity index (χ1v) is 9.88. The Morgan fingerprint density at radius 2 is 1.68 bits per heavy atom. The molecule has 0 aliphatic heterocycles. The Labute approximate surface area is 194 Å². The molecule has 9 nitrogen and oxygen atoms in total. The Hall–Kier alpha value is -4.22. The van der Waals surface area contributed by atoms with Crippen LogP contribution >= 0.6 is 0 Å². The smallest absolute Gasteiger partial charge is 0.354 e. The molecule has 2 amide bonds. The Morgan fingerprint density at radius 1 is 1.00 bits per heavy atom. The minimum Gasteiger partial charge on any atom is -0.354 e. The molecule has 0 atom stereocenters. The van der Waals surface area contributed by atoms with Crippen molar-refractivity contribution in [2.24, 2.45) is 0 Å². The molecule has 0 saturated carbocycles. The maximum Gasteiger partial charge on any atom is 0.419 e. The third kappa shape index (κ3) is 7.43. The summed E-state index contributed by atoms with van der Waals surface area (Å²) in [5.74, 6) is 0.0568. The average Bonchev–Trinajstić information content (AvgIpc) is 2.80. The normalized spacial score (nSPS) is 10.4. The van der Waals surface area contributed by atoms with Gasteiger partial charge in [-0.05, 0) is 30.7 Å². The summed E-state index contributed by atoms with van der Waals surface area (Å²) in [5.41, 5.74) is -0.221. The van der Waals surface area contributed by atoms with Crippen LogP contribution in [0.3, 0.4) is 0 Å². The van der Waals surface area contributed by atoms with Crippen molar-refractivity contribution in [2.45, 2.75) is 13.1 Å². The number of nitrogens with zero attached hydrogens (tertiary/aromatic N) is 4. The molecule has 0 aliphatic carbocycles. The van der Waals surface area contributed by atoms with E-state index in [2.05, 4.69) is 30.9 Å². The lowest BCUT2D eigenvalue weighted by molar-refractivity contribution is -0.137. The molecule has 0 aliphatic rings. The second kappa shape index (κ2) is 11.6. The summed E-state index contributed by atoms with van der Waals surface area (Å²) in [6.07, 6.45) is -0.181. The average molecular weight is 475 g/mol. The molecule has 0 saturated heterocycles. The number of halogens is 3. The van der Waals surface area contributed by atoms with Gasteiger partial charge < -0.3 is 20.9 Å². The fourth-order valence-electron chi connectivity index (χ4n) is 2.48. The van der Waals surface area contributed by atoms with Gasteiger partial charge in [0.2, 0.25) is 6.41 Å². The van der Waals surface area contributed by atoms with E-state index in [4.69, 9.17) is 0 Å². The van der Waals surface area contributed by atoms with Gasteiger partial charge in [-0.25, -0.2) is 15.0 Å². The van der Waals surface area contributed by atoms with Crippen molar-refractivity contribution >= 4 is 35.3 Å². The number of hydrogen-bond acceptors (Lipinski definition) is 7. The molecular formula is C22H24F3N7O2. The zero-order chi connectivity index (χ0) is 25.3. The Balaban J connectivity index is 0.000000739. The molecule has 0 spiro atoms. The molecule has 3 heterocycles. The predicted octanol–water partition coefficient (Wildman–Crippen LogP) is 3.75. The topological polar surface area (TPSA) is 112 Å². The van der Waals surface area contributed by atoms with Gasteiger partial charge in [-0.1, -0.05) is 6.07 Å². The number of aryl methyl sites for hydroxylation is 1. The Kier molecular flexibility index (Phi) is 8.87. The summed E-state index contributed by atoms with van der Waals surface area (Å²) < 4.78 is 40.4. The van der Waals surface area contributed by atoms with Gasteiger partial charge in [-0.3, -0.25) is 9.59 Å². The van der Waals surface area contributed by atoms with Gasteiger partial charge in [0.05, 0.1) is 16.9 Å². The zero-order valence-corrected chi connectivity index (χ0v) is 18.9. The van der Waals surface area contributed by atoms with Gasteiger partial charge in [-0.15, -0.1) is 0 Å². The molecule has 34 heavy (non-hydrogen) atoms. The van der Waals surface area contributed by atoms with Crippen LogP contribution in [-0.2, 0) is 11.0 Å². The minimum absolute atomic E-state index is 0.0327. The summed E-state index contributed by atoms with van der Waals surface area (Å²) in [5, 5.41) is 7.92. The second-order valence-corrected chi connectivity index (χ2v) is 7.13. The van der Waals surface area contributed by atoms with Crippen LogP contribution in [0.15, 0.2) is 48.9 Å². The van der Waals surface area contributed by atoms with Crippen LogP contribution in [0.4, 0.5) is 36.2 Å². The van der Waals surface area contributed by atoms with E-state index in [1.807, 2.05) is 13.0 Å². The lowest BCUT2D eigenvalue weighted by Crippen LogP contribution is -2.21. The van der Waals surface area contributed by atoms with Crippen molar-refractivity contribution in [3.63, 3.8) is 0 Å². The summed E-state index contributed by atoms with van der Waals surface area (Å²) in [4.78, 5) is 34.8. The number of pyridine rings is 3. The van der Waals surface area contributed by atoms with Gasteiger partial charge in [0.1, 0.15) is 11.6 Å². The van der Waals surface area contributed by atoms with Crippen LogP contribution in [0.2, 0.25) is 0 Å². The standard InChI is InChI=1S/C19H17F3N6O.C3H7NO/c1-11-5-6-15(25-9-11)28-16-8-14(12(10-26-16)19(20,21)22)27-13-4-3-7-24-17(13)18(29)23-2;1-4(2)3-5/h3-10H,1-2H3,(H,23,29)(H2,25,26,27,28);3H,1-2H3. The third-order valence-corrected chi connectivity index (χ3v) is 4.11. The first kappa shape index (κ1) is 26.0. The molecule has 0 aromatic carbocycles. The van der Waals surface area contributed by atoms with E-state index in [0.29, 0.717) is 5.82 Å². The molecule has 0 radical (unpaired) electrons. The monoisotopic (exact) mass is 475 g/mol. The fourth-order valence-corrected chi connectivity index (χ4v) is 2.48. The third-order valence-electron chi connectivity index (χ3n) is 4.11. The van der Waals surface area contributed by atoms with Crippen LogP contribution < -0.4 is 16.0 Å². The minimum atomic E-state index is -4.65.